The summed E-state index contributed by atoms with van der Waals surface area (Å²) in [6.07, 6.45) is 1.47. The lowest BCUT2D eigenvalue weighted by Crippen LogP contribution is -1.78. The van der Waals surface area contributed by atoms with E-state index in [2.05, 4.69) is 24.7 Å². The monoisotopic (exact) mass is 144 g/mol. The normalized spacial score (nSPS) is 7.00. The molecule has 0 aliphatic carbocycles. The van der Waals surface area contributed by atoms with Gasteiger partial charge in [0.25, 0.3) is 0 Å². The highest BCUT2D eigenvalue weighted by Gasteiger charge is 1.76. The van der Waals surface area contributed by atoms with Crippen LogP contribution in [0.2, 0.25) is 13.1 Å². The van der Waals surface area contributed by atoms with Gasteiger partial charge < -0.3 is 0 Å². The predicted octanol–water partition coefficient (Wildman–Crippen LogP) is 2.06. The lowest BCUT2D eigenvalue weighted by atomic mass is 11.9. The van der Waals surface area contributed by atoms with Crippen molar-refractivity contribution in [2.24, 2.45) is 0 Å². The van der Waals surface area contributed by atoms with Crippen molar-refractivity contribution in [3.05, 3.63) is 0 Å². The molecule has 0 aliphatic heterocycles. The van der Waals surface area contributed by atoms with Gasteiger partial charge in [0.15, 0.2) is 0 Å². The van der Waals surface area contributed by atoms with Crippen LogP contribution in [0.3, 0.4) is 0 Å². The Kier molecular flexibility index (Phi) is 15.3. The Hall–Kier alpha value is 0.797. The summed E-state index contributed by atoms with van der Waals surface area (Å²) in [4.78, 5) is 0. The van der Waals surface area contributed by atoms with E-state index in [9.17, 15) is 0 Å². The second-order valence-corrected chi connectivity index (χ2v) is 5.66. The lowest BCUT2D eigenvalue weighted by Gasteiger charge is -1.72. The van der Waals surface area contributed by atoms with Gasteiger partial charge in [-0.2, -0.15) is 11.1 Å². The van der Waals surface area contributed by atoms with Crippen LogP contribution in [-0.2, 0) is 0 Å². The summed E-state index contributed by atoms with van der Waals surface area (Å²) in [6.45, 7) is 4.14. The molecule has 0 radical (unpaired) electrons. The number of alkyl halides is 1. The van der Waals surface area contributed by atoms with E-state index >= 15 is 0 Å². The highest BCUT2D eigenvalue weighted by atomic mass is 35.6. The van der Waals surface area contributed by atoms with Gasteiger partial charge >= 0.3 is 0 Å². The molecular weight excluding hydrogens is 135 g/mol. The highest BCUT2D eigenvalue weighted by molar-refractivity contribution is 7.05. The van der Waals surface area contributed by atoms with Crippen LogP contribution in [0.1, 0.15) is 0 Å². The number of hydrogen-bond donors (Lipinski definition) is 0. The predicted molar refractivity (Wildman–Crippen MR) is 36.5 cm³/mol. The molecule has 0 aliphatic rings. The Balaban J connectivity index is 0. The maximum absolute atomic E-state index is 5.41. The quantitative estimate of drug-likeness (QED) is 0.278. The molecule has 40 valence electrons. The number of hydrogen-bond acceptors (Lipinski definition) is 0. The van der Waals surface area contributed by atoms with Crippen LogP contribution in [0.15, 0.2) is 0 Å². The summed E-state index contributed by atoms with van der Waals surface area (Å²) in [7, 11) is -0.667. The van der Waals surface area contributed by atoms with Gasteiger partial charge in [-0.05, 0) is 0 Å². The minimum Gasteiger partial charge on any atom is -0.172 e. The lowest BCUT2D eigenvalue weighted by molar-refractivity contribution is 2.10. The first-order valence-corrected chi connectivity index (χ1v) is 6.56. The largest absolute Gasteiger partial charge is 0.172 e. The van der Waals surface area contributed by atoms with Crippen LogP contribution in [0.5, 0.6) is 0 Å². The van der Waals surface area contributed by atoms with Crippen molar-refractivity contribution in [2.75, 3.05) is 6.38 Å². The molecule has 0 saturated heterocycles. The van der Waals surface area contributed by atoms with E-state index in [1.807, 2.05) is 0 Å². The van der Waals surface area contributed by atoms with Gasteiger partial charge in [-0.15, -0.1) is 11.6 Å². The van der Waals surface area contributed by atoms with Crippen molar-refractivity contribution < 1.29 is 0 Å². The van der Waals surface area contributed by atoms with Crippen LogP contribution in [0.4, 0.5) is 0 Å². The van der Waals surface area contributed by atoms with E-state index in [1.165, 1.54) is 6.38 Å². The average Bonchev–Trinajstić information content (AvgIpc) is 1.41. The molecule has 0 aromatic heterocycles. The van der Waals surface area contributed by atoms with Crippen molar-refractivity contribution in [1.82, 2.24) is 0 Å². The molecule has 0 amide bonds. The molecule has 0 fully saturated rings. The summed E-state index contributed by atoms with van der Waals surface area (Å²) in [5.41, 5.74) is 0. The maximum atomic E-state index is 5.41. The van der Waals surface area contributed by atoms with Crippen molar-refractivity contribution >= 4 is 30.8 Å². The third-order valence-electron chi connectivity index (χ3n) is 0. The standard InChI is InChI=1S/C2H7ClSi.CH3Cl/c1-4(2)3;1-2/h4H,1-2H3;1H3. The van der Waals surface area contributed by atoms with Crippen LogP contribution >= 0.6 is 22.7 Å². The van der Waals surface area contributed by atoms with Crippen molar-refractivity contribution in [1.29, 1.82) is 0 Å². The zero-order valence-corrected chi connectivity index (χ0v) is 7.00. The fraction of sp³-hybridized carbons (Fsp3) is 1.00. The fourth-order valence-corrected chi connectivity index (χ4v) is 0. The van der Waals surface area contributed by atoms with Crippen LogP contribution in [-0.4, -0.2) is 14.5 Å². The zero-order valence-electron chi connectivity index (χ0n) is 4.33. The minimum absolute atomic E-state index is 0.667. The molecule has 0 nitrogen and oxygen atoms in total. The Bertz CT molecular complexity index is 13.5. The maximum Gasteiger partial charge on any atom is 0.134 e. The Morgan fingerprint density at radius 1 is 1.17 bits per heavy atom. The van der Waals surface area contributed by atoms with E-state index in [4.69, 9.17) is 11.1 Å². The molecule has 0 bridgehead atoms. The molecule has 0 N–H and O–H groups in total. The van der Waals surface area contributed by atoms with Gasteiger partial charge in [0, 0.05) is 6.38 Å². The van der Waals surface area contributed by atoms with Gasteiger partial charge in [0.1, 0.15) is 8.11 Å². The number of halogens is 2. The Labute approximate surface area is 50.8 Å². The highest BCUT2D eigenvalue weighted by Crippen LogP contribution is 1.79. The molecule has 0 aromatic carbocycles. The Morgan fingerprint density at radius 3 is 1.17 bits per heavy atom. The van der Waals surface area contributed by atoms with Crippen molar-refractivity contribution in [3.63, 3.8) is 0 Å². The van der Waals surface area contributed by atoms with Crippen LogP contribution in [0, 0.1) is 0 Å². The van der Waals surface area contributed by atoms with Crippen molar-refractivity contribution in [3.8, 4) is 0 Å². The molecule has 6 heavy (non-hydrogen) atoms. The Morgan fingerprint density at radius 2 is 1.17 bits per heavy atom. The zero-order chi connectivity index (χ0) is 5.58. The smallest absolute Gasteiger partial charge is 0.134 e. The average molecular weight is 145 g/mol. The van der Waals surface area contributed by atoms with Gasteiger partial charge in [0.05, 0.1) is 0 Å². The molecule has 0 aromatic rings. The second kappa shape index (κ2) is 9.25. The van der Waals surface area contributed by atoms with E-state index in [1.54, 1.807) is 0 Å². The molecule has 0 unspecified atom stereocenters. The van der Waals surface area contributed by atoms with Gasteiger partial charge in [-0.1, -0.05) is 13.1 Å². The third kappa shape index (κ3) is 109. The second-order valence-electron chi connectivity index (χ2n) is 1.01. The molecule has 0 rings (SSSR count). The van der Waals surface area contributed by atoms with Crippen LogP contribution < -0.4 is 0 Å². The van der Waals surface area contributed by atoms with Gasteiger partial charge in [0.2, 0.25) is 0 Å². The molecule has 0 heterocycles. The summed E-state index contributed by atoms with van der Waals surface area (Å²) in [5.74, 6) is 0. The van der Waals surface area contributed by atoms with Gasteiger partial charge in [-0.3, -0.25) is 0 Å². The van der Waals surface area contributed by atoms with Crippen LogP contribution in [0.25, 0.3) is 0 Å². The van der Waals surface area contributed by atoms with E-state index in [0.29, 0.717) is 0 Å². The third-order valence-corrected chi connectivity index (χ3v) is 0. The van der Waals surface area contributed by atoms with E-state index in [0.717, 1.165) is 0 Å². The molecule has 3 heteroatoms. The number of rotatable bonds is 0. The first-order chi connectivity index (χ1) is 2.73. The first kappa shape index (κ1) is 9.93. The first-order valence-electron chi connectivity index (χ1n) is 1.75. The summed E-state index contributed by atoms with van der Waals surface area (Å²) in [5, 5.41) is 0. The summed E-state index contributed by atoms with van der Waals surface area (Å²) >= 11 is 10.1. The molecule has 0 atom stereocenters. The van der Waals surface area contributed by atoms with Gasteiger partial charge in [-0.25, -0.2) is 0 Å². The topological polar surface area (TPSA) is 0 Å². The molecule has 0 spiro atoms. The summed E-state index contributed by atoms with van der Waals surface area (Å²) in [6, 6.07) is 0. The fourth-order valence-electron chi connectivity index (χ4n) is 0. The minimum atomic E-state index is -0.667. The van der Waals surface area contributed by atoms with Crippen molar-refractivity contribution in [2.45, 2.75) is 13.1 Å². The SMILES string of the molecule is CCl.C[SiH](C)Cl. The molecule has 0 saturated carbocycles. The van der Waals surface area contributed by atoms with E-state index in [-0.39, 0.29) is 0 Å². The molecular formula is C3H10Cl2Si. The van der Waals surface area contributed by atoms with E-state index < -0.39 is 8.11 Å². The summed E-state index contributed by atoms with van der Waals surface area (Å²) < 4.78 is 0.